The van der Waals surface area contributed by atoms with Crippen molar-refractivity contribution in [3.63, 3.8) is 0 Å². The highest BCUT2D eigenvalue weighted by atomic mass is 16.5. The van der Waals surface area contributed by atoms with E-state index in [1.165, 1.54) is 19.3 Å². The molecule has 0 aromatic carbocycles. The van der Waals surface area contributed by atoms with Crippen LogP contribution in [-0.2, 0) is 4.74 Å². The average Bonchev–Trinajstić information content (AvgIpc) is 2.56. The summed E-state index contributed by atoms with van der Waals surface area (Å²) in [6.07, 6.45) is 4.12. The van der Waals surface area contributed by atoms with Crippen molar-refractivity contribution in [2.75, 3.05) is 0 Å². The molecule has 0 spiro atoms. The Bertz CT molecular complexity index is 314. The molecule has 86 valence electrons. The third-order valence-electron chi connectivity index (χ3n) is 6.19. The maximum atomic E-state index is 6.63. The van der Waals surface area contributed by atoms with E-state index in [0.717, 1.165) is 5.92 Å². The number of hydrogen-bond acceptors (Lipinski definition) is 2. The number of ether oxygens (including phenoxy) is 1. The SMILES string of the molecule is C[C@@H]1CC2[C@H]3CC[C@](C)(C3(C)C)[C@@]2(N)O1. The average molecular weight is 209 g/mol. The molecule has 2 aliphatic carbocycles. The Morgan fingerprint density at radius 1 is 1.20 bits per heavy atom. The Kier molecular flexibility index (Phi) is 1.64. The first-order valence-electron chi connectivity index (χ1n) is 6.29. The summed E-state index contributed by atoms with van der Waals surface area (Å²) in [4.78, 5) is 0. The molecule has 15 heavy (non-hydrogen) atoms. The van der Waals surface area contributed by atoms with Gasteiger partial charge >= 0.3 is 0 Å². The first-order chi connectivity index (χ1) is 6.83. The first-order valence-corrected chi connectivity index (χ1v) is 6.29. The Hall–Kier alpha value is -0.0800. The maximum Gasteiger partial charge on any atom is 0.126 e. The van der Waals surface area contributed by atoms with E-state index in [9.17, 15) is 0 Å². The van der Waals surface area contributed by atoms with Crippen molar-refractivity contribution in [1.29, 1.82) is 0 Å². The Morgan fingerprint density at radius 2 is 1.87 bits per heavy atom. The van der Waals surface area contributed by atoms with Crippen LogP contribution in [0.4, 0.5) is 0 Å². The Labute approximate surface area is 92.6 Å². The molecule has 0 aromatic rings. The van der Waals surface area contributed by atoms with Gasteiger partial charge in [-0.1, -0.05) is 20.8 Å². The zero-order chi connectivity index (χ0) is 11.1. The van der Waals surface area contributed by atoms with Gasteiger partial charge in [-0.05, 0) is 37.5 Å². The molecular weight excluding hydrogens is 186 g/mol. The predicted octanol–water partition coefficient (Wildman–Crippen LogP) is 2.52. The van der Waals surface area contributed by atoms with Gasteiger partial charge in [0.2, 0.25) is 0 Å². The highest BCUT2D eigenvalue weighted by Crippen LogP contribution is 2.73. The topological polar surface area (TPSA) is 35.2 Å². The van der Waals surface area contributed by atoms with Crippen LogP contribution in [0.15, 0.2) is 0 Å². The molecule has 3 fully saturated rings. The van der Waals surface area contributed by atoms with Gasteiger partial charge < -0.3 is 10.5 Å². The molecule has 1 aliphatic heterocycles. The van der Waals surface area contributed by atoms with Crippen LogP contribution >= 0.6 is 0 Å². The van der Waals surface area contributed by atoms with E-state index in [4.69, 9.17) is 10.5 Å². The molecule has 2 heteroatoms. The molecule has 5 atom stereocenters. The van der Waals surface area contributed by atoms with E-state index in [0.29, 0.717) is 17.4 Å². The van der Waals surface area contributed by atoms with Crippen LogP contribution in [0.1, 0.15) is 47.0 Å². The second-order valence-electron chi connectivity index (χ2n) is 6.76. The number of rotatable bonds is 0. The van der Waals surface area contributed by atoms with E-state index in [-0.39, 0.29) is 11.1 Å². The summed E-state index contributed by atoms with van der Waals surface area (Å²) >= 11 is 0. The number of hydrogen-bond donors (Lipinski definition) is 1. The van der Waals surface area contributed by atoms with Crippen molar-refractivity contribution >= 4 is 0 Å². The molecule has 2 N–H and O–H groups in total. The lowest BCUT2D eigenvalue weighted by atomic mass is 9.67. The summed E-state index contributed by atoms with van der Waals surface area (Å²) in [5.41, 5.74) is 6.83. The van der Waals surface area contributed by atoms with Crippen LogP contribution < -0.4 is 5.73 Å². The molecular formula is C13H23NO. The van der Waals surface area contributed by atoms with Gasteiger partial charge in [-0.2, -0.15) is 0 Å². The molecule has 2 bridgehead atoms. The third kappa shape index (κ3) is 0.826. The van der Waals surface area contributed by atoms with Crippen LogP contribution in [0.5, 0.6) is 0 Å². The van der Waals surface area contributed by atoms with Crippen LogP contribution in [-0.4, -0.2) is 11.8 Å². The summed E-state index contributed by atoms with van der Waals surface area (Å²) in [6, 6.07) is 0. The monoisotopic (exact) mass is 209 g/mol. The molecule has 2 nitrogen and oxygen atoms in total. The summed E-state index contributed by atoms with van der Waals surface area (Å²) in [5, 5.41) is 0. The van der Waals surface area contributed by atoms with Gasteiger partial charge in [0, 0.05) is 11.3 Å². The van der Waals surface area contributed by atoms with Crippen LogP contribution in [0.25, 0.3) is 0 Å². The standard InChI is InChI=1S/C13H23NO/c1-8-7-10-9-5-6-12(4,11(9,2)3)13(10,14)15-8/h8-10H,5-7,14H2,1-4H3/t8-,9-,10?,12-,13+/m1/s1. The minimum Gasteiger partial charge on any atom is -0.357 e. The normalized spacial score (nSPS) is 61.0. The number of nitrogens with two attached hydrogens (primary N) is 1. The van der Waals surface area contributed by atoms with Crippen molar-refractivity contribution in [1.82, 2.24) is 0 Å². The summed E-state index contributed by atoms with van der Waals surface area (Å²) < 4.78 is 6.12. The molecule has 0 radical (unpaired) electrons. The zero-order valence-electron chi connectivity index (χ0n) is 10.3. The van der Waals surface area contributed by atoms with E-state index in [1.807, 2.05) is 0 Å². The molecule has 1 heterocycles. The number of fused-ring (bicyclic) bond motifs is 5. The van der Waals surface area contributed by atoms with Crippen LogP contribution in [0, 0.1) is 22.7 Å². The van der Waals surface area contributed by atoms with Gasteiger partial charge in [0.1, 0.15) is 5.72 Å². The largest absolute Gasteiger partial charge is 0.357 e. The van der Waals surface area contributed by atoms with Gasteiger partial charge in [-0.25, -0.2) is 0 Å². The Balaban J connectivity index is 2.11. The van der Waals surface area contributed by atoms with E-state index >= 15 is 0 Å². The van der Waals surface area contributed by atoms with Crippen molar-refractivity contribution in [3.05, 3.63) is 0 Å². The molecule has 2 saturated carbocycles. The van der Waals surface area contributed by atoms with E-state index in [1.54, 1.807) is 0 Å². The summed E-state index contributed by atoms with van der Waals surface area (Å²) in [7, 11) is 0. The smallest absolute Gasteiger partial charge is 0.126 e. The molecule has 0 amide bonds. The second-order valence-corrected chi connectivity index (χ2v) is 6.76. The maximum absolute atomic E-state index is 6.63. The highest BCUT2D eigenvalue weighted by Gasteiger charge is 2.75. The minimum atomic E-state index is -0.334. The molecule has 1 unspecified atom stereocenters. The van der Waals surface area contributed by atoms with Crippen molar-refractivity contribution in [3.8, 4) is 0 Å². The van der Waals surface area contributed by atoms with Crippen molar-refractivity contribution < 1.29 is 4.74 Å². The fourth-order valence-corrected chi connectivity index (χ4v) is 4.94. The van der Waals surface area contributed by atoms with Crippen LogP contribution in [0.3, 0.4) is 0 Å². The molecule has 1 saturated heterocycles. The van der Waals surface area contributed by atoms with E-state index in [2.05, 4.69) is 27.7 Å². The highest BCUT2D eigenvalue weighted by molar-refractivity contribution is 5.22. The minimum absolute atomic E-state index is 0.181. The van der Waals surface area contributed by atoms with Crippen LogP contribution in [0.2, 0.25) is 0 Å². The zero-order valence-corrected chi connectivity index (χ0v) is 10.3. The van der Waals surface area contributed by atoms with Crippen molar-refractivity contribution in [2.24, 2.45) is 28.4 Å². The van der Waals surface area contributed by atoms with Gasteiger partial charge in [0.15, 0.2) is 0 Å². The molecule has 3 rings (SSSR count). The van der Waals surface area contributed by atoms with Gasteiger partial charge in [0.25, 0.3) is 0 Å². The molecule has 0 aromatic heterocycles. The third-order valence-corrected chi connectivity index (χ3v) is 6.19. The van der Waals surface area contributed by atoms with E-state index < -0.39 is 0 Å². The second kappa shape index (κ2) is 2.43. The summed E-state index contributed by atoms with van der Waals surface area (Å²) in [6.45, 7) is 9.31. The lowest BCUT2D eigenvalue weighted by molar-refractivity contribution is -0.136. The summed E-state index contributed by atoms with van der Waals surface area (Å²) in [5.74, 6) is 1.37. The lowest BCUT2D eigenvalue weighted by Gasteiger charge is -2.45. The Morgan fingerprint density at radius 3 is 2.47 bits per heavy atom. The quantitative estimate of drug-likeness (QED) is 0.665. The first kappa shape index (κ1) is 10.1. The fourth-order valence-electron chi connectivity index (χ4n) is 4.94. The predicted molar refractivity (Wildman–Crippen MR) is 60.2 cm³/mol. The van der Waals surface area contributed by atoms with Gasteiger partial charge in [-0.3, -0.25) is 0 Å². The van der Waals surface area contributed by atoms with Gasteiger partial charge in [-0.15, -0.1) is 0 Å². The van der Waals surface area contributed by atoms with Gasteiger partial charge in [0.05, 0.1) is 6.10 Å². The lowest BCUT2D eigenvalue weighted by Crippen LogP contribution is -2.57. The van der Waals surface area contributed by atoms with Crippen molar-refractivity contribution in [2.45, 2.75) is 58.8 Å². The fraction of sp³-hybridized carbons (Fsp3) is 1.00. The molecule has 3 aliphatic rings.